The topological polar surface area (TPSA) is 67.5 Å². The zero-order valence-electron chi connectivity index (χ0n) is 6.77. The Morgan fingerprint density at radius 3 is 2.64 bits per heavy atom. The highest BCUT2D eigenvalue weighted by molar-refractivity contribution is 8.13. The molecule has 1 N–H and O–H groups in total. The standard InChI is InChI=1S/C8H5ClO4S/c9-14(11,12)8-3-5-1-2-6(10)4-7(5)13-8/h1-4,10H. The van der Waals surface area contributed by atoms with Crippen molar-refractivity contribution in [2.45, 2.75) is 5.09 Å². The van der Waals surface area contributed by atoms with Crippen LogP contribution in [0, 0.1) is 0 Å². The van der Waals surface area contributed by atoms with Gasteiger partial charge >= 0.3 is 0 Å². The van der Waals surface area contributed by atoms with Crippen molar-refractivity contribution in [2.24, 2.45) is 0 Å². The summed E-state index contributed by atoms with van der Waals surface area (Å²) in [6.45, 7) is 0. The lowest BCUT2D eigenvalue weighted by Crippen LogP contribution is -1.84. The Balaban J connectivity index is 2.75. The van der Waals surface area contributed by atoms with Gasteiger partial charge < -0.3 is 9.52 Å². The molecule has 1 aromatic heterocycles. The van der Waals surface area contributed by atoms with Gasteiger partial charge in [-0.1, -0.05) is 0 Å². The van der Waals surface area contributed by atoms with Crippen molar-refractivity contribution in [3.05, 3.63) is 24.3 Å². The molecule has 0 spiro atoms. The molecule has 74 valence electrons. The summed E-state index contributed by atoms with van der Waals surface area (Å²) in [5.74, 6) is 0.00497. The molecule has 0 radical (unpaired) electrons. The van der Waals surface area contributed by atoms with E-state index in [1.54, 1.807) is 6.07 Å². The second-order valence-electron chi connectivity index (χ2n) is 2.73. The monoisotopic (exact) mass is 232 g/mol. The van der Waals surface area contributed by atoms with E-state index in [-0.39, 0.29) is 16.4 Å². The number of hydrogen-bond acceptors (Lipinski definition) is 4. The van der Waals surface area contributed by atoms with E-state index in [4.69, 9.17) is 20.2 Å². The maximum absolute atomic E-state index is 10.9. The number of fused-ring (bicyclic) bond motifs is 1. The second kappa shape index (κ2) is 2.90. The maximum atomic E-state index is 10.9. The predicted molar refractivity (Wildman–Crippen MR) is 50.9 cm³/mol. The van der Waals surface area contributed by atoms with Crippen LogP contribution in [0.4, 0.5) is 0 Å². The van der Waals surface area contributed by atoms with Gasteiger partial charge in [0.05, 0.1) is 0 Å². The number of hydrogen-bond donors (Lipinski definition) is 1. The molecular weight excluding hydrogens is 228 g/mol. The van der Waals surface area contributed by atoms with Crippen LogP contribution >= 0.6 is 10.7 Å². The quantitative estimate of drug-likeness (QED) is 0.765. The van der Waals surface area contributed by atoms with E-state index in [9.17, 15) is 8.42 Å². The summed E-state index contributed by atoms with van der Waals surface area (Å²) < 4.78 is 26.7. The van der Waals surface area contributed by atoms with Gasteiger partial charge in [0.15, 0.2) is 0 Å². The van der Waals surface area contributed by atoms with Gasteiger partial charge in [-0.05, 0) is 12.1 Å². The van der Waals surface area contributed by atoms with E-state index in [1.165, 1.54) is 18.2 Å². The minimum Gasteiger partial charge on any atom is -0.508 e. The van der Waals surface area contributed by atoms with Gasteiger partial charge in [0, 0.05) is 28.2 Å². The van der Waals surface area contributed by atoms with E-state index >= 15 is 0 Å². The van der Waals surface area contributed by atoms with E-state index < -0.39 is 9.05 Å². The average molecular weight is 233 g/mol. The van der Waals surface area contributed by atoms with Crippen LogP contribution < -0.4 is 0 Å². The number of phenolic OH excluding ortho intramolecular Hbond substituents is 1. The van der Waals surface area contributed by atoms with E-state index in [0.29, 0.717) is 5.39 Å². The van der Waals surface area contributed by atoms with Gasteiger partial charge in [0.1, 0.15) is 11.3 Å². The van der Waals surface area contributed by atoms with Gasteiger partial charge in [-0.25, -0.2) is 8.42 Å². The smallest absolute Gasteiger partial charge is 0.294 e. The predicted octanol–water partition coefficient (Wildman–Crippen LogP) is 2.07. The van der Waals surface area contributed by atoms with Crippen molar-refractivity contribution >= 4 is 30.7 Å². The molecule has 0 amide bonds. The maximum Gasteiger partial charge on any atom is 0.294 e. The molecule has 1 aromatic carbocycles. The highest BCUT2D eigenvalue weighted by Crippen LogP contribution is 2.27. The minimum absolute atomic E-state index is 0.00497. The van der Waals surface area contributed by atoms with Crippen molar-refractivity contribution in [3.63, 3.8) is 0 Å². The Hall–Kier alpha value is -1.20. The molecule has 0 saturated heterocycles. The van der Waals surface area contributed by atoms with Crippen LogP contribution in [0.5, 0.6) is 5.75 Å². The van der Waals surface area contributed by atoms with Crippen LogP contribution in [0.1, 0.15) is 0 Å². The van der Waals surface area contributed by atoms with E-state index in [1.807, 2.05) is 0 Å². The molecule has 14 heavy (non-hydrogen) atoms. The zero-order valence-corrected chi connectivity index (χ0v) is 8.34. The van der Waals surface area contributed by atoms with Crippen LogP contribution in [-0.4, -0.2) is 13.5 Å². The normalized spacial score (nSPS) is 12.1. The van der Waals surface area contributed by atoms with Gasteiger partial charge in [-0.15, -0.1) is 0 Å². The Morgan fingerprint density at radius 1 is 1.29 bits per heavy atom. The third kappa shape index (κ3) is 1.56. The highest BCUT2D eigenvalue weighted by atomic mass is 35.7. The molecule has 2 aromatic rings. The van der Waals surface area contributed by atoms with E-state index in [2.05, 4.69) is 0 Å². The van der Waals surface area contributed by atoms with Gasteiger partial charge in [0.25, 0.3) is 9.05 Å². The van der Waals surface area contributed by atoms with Crippen molar-refractivity contribution in [3.8, 4) is 5.75 Å². The lowest BCUT2D eigenvalue weighted by molar-refractivity contribution is 0.467. The summed E-state index contributed by atoms with van der Waals surface area (Å²) in [5.41, 5.74) is 0.282. The van der Waals surface area contributed by atoms with Gasteiger partial charge in [0.2, 0.25) is 5.09 Å². The van der Waals surface area contributed by atoms with Crippen molar-refractivity contribution in [2.75, 3.05) is 0 Å². The largest absolute Gasteiger partial charge is 0.508 e. The molecule has 0 bridgehead atoms. The fourth-order valence-corrected chi connectivity index (χ4v) is 1.80. The fourth-order valence-electron chi connectivity index (χ4n) is 1.12. The molecule has 1 heterocycles. The van der Waals surface area contributed by atoms with Gasteiger partial charge in [-0.3, -0.25) is 0 Å². The molecule has 0 fully saturated rings. The molecule has 0 unspecified atom stereocenters. The first-order chi connectivity index (χ1) is 6.47. The molecular formula is C8H5ClO4S. The summed E-state index contributed by atoms with van der Waals surface area (Å²) in [6.07, 6.45) is 0. The molecule has 0 atom stereocenters. The van der Waals surface area contributed by atoms with Crippen LogP contribution in [0.25, 0.3) is 11.0 Å². The van der Waals surface area contributed by atoms with Crippen LogP contribution in [-0.2, 0) is 9.05 Å². The number of furan rings is 1. The first-order valence-corrected chi connectivity index (χ1v) is 5.95. The number of halogens is 1. The summed E-state index contributed by atoms with van der Waals surface area (Å²) in [7, 11) is 1.23. The second-order valence-corrected chi connectivity index (χ2v) is 5.22. The van der Waals surface area contributed by atoms with Crippen molar-refractivity contribution in [1.82, 2.24) is 0 Å². The average Bonchev–Trinajstić information content (AvgIpc) is 2.45. The Morgan fingerprint density at radius 2 is 2.00 bits per heavy atom. The summed E-state index contributed by atoms with van der Waals surface area (Å²) in [4.78, 5) is 0. The number of aromatic hydroxyl groups is 1. The lowest BCUT2D eigenvalue weighted by Gasteiger charge is -1.89. The molecule has 0 aliphatic heterocycles. The summed E-state index contributed by atoms with van der Waals surface area (Å²) in [6, 6.07) is 5.60. The van der Waals surface area contributed by atoms with Crippen LogP contribution in [0.15, 0.2) is 33.8 Å². The Bertz CT molecular complexity index is 584. The molecule has 0 aliphatic rings. The number of benzene rings is 1. The lowest BCUT2D eigenvalue weighted by atomic mass is 10.2. The molecule has 0 aliphatic carbocycles. The molecule has 0 saturated carbocycles. The number of rotatable bonds is 1. The van der Waals surface area contributed by atoms with Crippen molar-refractivity contribution in [1.29, 1.82) is 0 Å². The Kier molecular flexibility index (Phi) is 1.94. The molecule has 2 rings (SSSR count). The first-order valence-electron chi connectivity index (χ1n) is 3.64. The van der Waals surface area contributed by atoms with Crippen molar-refractivity contribution < 1.29 is 17.9 Å². The van der Waals surface area contributed by atoms with Crippen LogP contribution in [0.2, 0.25) is 0 Å². The van der Waals surface area contributed by atoms with E-state index in [0.717, 1.165) is 0 Å². The van der Waals surface area contributed by atoms with Gasteiger partial charge in [-0.2, -0.15) is 0 Å². The fraction of sp³-hybridized carbons (Fsp3) is 0. The molecule has 6 heteroatoms. The highest BCUT2D eigenvalue weighted by Gasteiger charge is 2.16. The Labute approximate surface area is 84.1 Å². The van der Waals surface area contributed by atoms with Crippen LogP contribution in [0.3, 0.4) is 0 Å². The third-order valence-corrected chi connectivity index (χ3v) is 2.86. The summed E-state index contributed by atoms with van der Waals surface area (Å²) in [5, 5.41) is 9.35. The molecule has 4 nitrogen and oxygen atoms in total. The number of phenols is 1. The first kappa shape index (κ1) is 9.36. The minimum atomic E-state index is -3.85. The SMILES string of the molecule is O=S(=O)(Cl)c1cc2ccc(O)cc2o1. The summed E-state index contributed by atoms with van der Waals surface area (Å²) >= 11 is 0. The third-order valence-electron chi connectivity index (χ3n) is 1.72. The zero-order chi connectivity index (χ0) is 10.3.